The van der Waals surface area contributed by atoms with Crippen LogP contribution in [0.4, 0.5) is 0 Å². The van der Waals surface area contributed by atoms with Gasteiger partial charge in [-0.05, 0) is 154 Å². The van der Waals surface area contributed by atoms with Crippen molar-refractivity contribution in [1.29, 1.82) is 0 Å². The number of allylic oxidation sites excluding steroid dienone is 27. The van der Waals surface area contributed by atoms with Gasteiger partial charge in [-0.15, -0.1) is 0 Å². The Morgan fingerprint density at radius 2 is 0.558 bits per heavy atom. The van der Waals surface area contributed by atoms with Crippen LogP contribution in [0.2, 0.25) is 0 Å². The zero-order valence-corrected chi connectivity index (χ0v) is 66.2. The van der Waals surface area contributed by atoms with Crippen LogP contribution in [0.15, 0.2) is 170 Å². The Bertz CT molecular complexity index is 2640. The van der Waals surface area contributed by atoms with E-state index in [-0.39, 0.29) is 25.7 Å². The molecule has 0 aliphatic rings. The van der Waals surface area contributed by atoms with E-state index in [1.165, 1.54) is 19.3 Å². The quantitative estimate of drug-likeness (QED) is 0.0169. The van der Waals surface area contributed by atoms with Crippen molar-refractivity contribution in [1.82, 2.24) is 0 Å². The van der Waals surface area contributed by atoms with Crippen LogP contribution in [0.1, 0.15) is 285 Å². The molecule has 0 saturated heterocycles. The van der Waals surface area contributed by atoms with E-state index in [0.29, 0.717) is 25.7 Å². The van der Waals surface area contributed by atoms with Crippen molar-refractivity contribution in [3.05, 3.63) is 170 Å². The van der Waals surface area contributed by atoms with Crippen LogP contribution >= 0.6 is 15.6 Å². The molecule has 0 heterocycles. The van der Waals surface area contributed by atoms with Crippen LogP contribution in [0.25, 0.3) is 0 Å². The van der Waals surface area contributed by atoms with Gasteiger partial charge in [-0.1, -0.05) is 275 Å². The first kappa shape index (κ1) is 98.4. The third-order valence-corrected chi connectivity index (χ3v) is 17.6. The highest BCUT2D eigenvalue weighted by Gasteiger charge is 2.30. The minimum Gasteiger partial charge on any atom is -0.462 e. The first-order chi connectivity index (χ1) is 50.7. The molecule has 590 valence electrons. The summed E-state index contributed by atoms with van der Waals surface area (Å²) in [5.74, 6) is -2.39. The maximum atomic E-state index is 13.1. The molecular formula is C85H138O17P2. The Labute approximate surface area is 629 Å². The average molecular weight is 1490 g/mol. The summed E-state index contributed by atoms with van der Waals surface area (Å²) in [4.78, 5) is 72.9. The normalized spacial score (nSPS) is 14.8. The predicted octanol–water partition coefficient (Wildman–Crippen LogP) is 23.0. The van der Waals surface area contributed by atoms with Crippen LogP contribution in [0, 0.1) is 0 Å². The Morgan fingerprint density at radius 1 is 0.288 bits per heavy atom. The van der Waals surface area contributed by atoms with E-state index in [9.17, 15) is 43.2 Å². The molecule has 5 unspecified atom stereocenters. The molecule has 0 rings (SSSR count). The number of aliphatic hydroxyl groups excluding tert-OH is 1. The first-order valence-electron chi connectivity index (χ1n) is 39.4. The number of aliphatic hydroxyl groups is 1. The number of phosphoric ester groups is 2. The fourth-order valence-electron chi connectivity index (χ4n) is 9.74. The number of unbranched alkanes of at least 4 members (excludes halogenated alkanes) is 19. The fourth-order valence-corrected chi connectivity index (χ4v) is 11.3. The maximum Gasteiger partial charge on any atom is 0.472 e. The topological polar surface area (TPSA) is 237 Å². The van der Waals surface area contributed by atoms with E-state index in [0.717, 1.165) is 186 Å². The second-order valence-electron chi connectivity index (χ2n) is 25.5. The summed E-state index contributed by atoms with van der Waals surface area (Å²) >= 11 is 0. The molecule has 104 heavy (non-hydrogen) atoms. The van der Waals surface area contributed by atoms with Gasteiger partial charge in [0.1, 0.15) is 19.3 Å². The predicted molar refractivity (Wildman–Crippen MR) is 426 cm³/mol. The molecular weight excluding hydrogens is 1350 g/mol. The van der Waals surface area contributed by atoms with Gasteiger partial charge in [-0.25, -0.2) is 9.13 Å². The third-order valence-electron chi connectivity index (χ3n) is 15.7. The van der Waals surface area contributed by atoms with Crippen molar-refractivity contribution >= 4 is 39.5 Å². The summed E-state index contributed by atoms with van der Waals surface area (Å²) in [5.41, 5.74) is 0. The molecule has 0 aliphatic heterocycles. The van der Waals surface area contributed by atoms with Crippen LogP contribution < -0.4 is 0 Å². The number of phosphoric acid groups is 2. The van der Waals surface area contributed by atoms with Gasteiger partial charge in [0.2, 0.25) is 0 Å². The Morgan fingerprint density at radius 3 is 0.894 bits per heavy atom. The van der Waals surface area contributed by atoms with Gasteiger partial charge < -0.3 is 33.8 Å². The summed E-state index contributed by atoms with van der Waals surface area (Å²) in [7, 11) is -10.0. The highest BCUT2D eigenvalue weighted by molar-refractivity contribution is 7.47. The molecule has 0 aromatic heterocycles. The molecule has 0 amide bonds. The Balaban J connectivity index is 5.46. The van der Waals surface area contributed by atoms with Gasteiger partial charge in [-0.3, -0.25) is 37.3 Å². The number of ether oxygens (including phenoxy) is 4. The van der Waals surface area contributed by atoms with E-state index >= 15 is 0 Å². The molecule has 0 bridgehead atoms. The smallest absolute Gasteiger partial charge is 0.462 e. The molecule has 3 N–H and O–H groups in total. The number of rotatable bonds is 72. The third kappa shape index (κ3) is 74.7. The van der Waals surface area contributed by atoms with E-state index in [1.807, 2.05) is 12.2 Å². The second kappa shape index (κ2) is 75.6. The average Bonchev–Trinajstić information content (AvgIpc) is 0.910. The molecule has 0 aliphatic carbocycles. The number of carbonyl (C=O) groups excluding carboxylic acids is 4. The number of carbonyl (C=O) groups is 4. The lowest BCUT2D eigenvalue weighted by molar-refractivity contribution is -0.161. The van der Waals surface area contributed by atoms with Gasteiger partial charge in [0.15, 0.2) is 12.2 Å². The second-order valence-corrected chi connectivity index (χ2v) is 28.5. The highest BCUT2D eigenvalue weighted by Crippen LogP contribution is 2.45. The van der Waals surface area contributed by atoms with Gasteiger partial charge in [0, 0.05) is 19.3 Å². The maximum absolute atomic E-state index is 13.1. The van der Waals surface area contributed by atoms with Crippen molar-refractivity contribution in [2.45, 2.75) is 303 Å². The standard InChI is InChI=1S/C85H138O17P2/c1-5-9-13-17-21-25-29-33-36-38-39-41-44-47-50-54-58-62-66-70-83(88)96-76-81(102-85(90)72-68-64-60-56-52-48-42-35-31-27-23-19-15-11-7-3)78-100-104(93,94)98-74-79(86)73-97-103(91,92)99-77-80(101-84(89)71-67-63-59-55-51-45-32-28-24-20-16-12-8-4)75-95-82(87)69-65-61-57-53-49-46-43-40-37-34-30-26-22-18-14-10-6-2/h10-11,14-16,20-23,25-28,32-37,39,41-43,46,52,56,64,68,79-81,86H,5-9,12-13,17-19,24,29-31,38,40,44-45,47-51,53-55,57-63,65-67,69-78H2,1-4H3,(H,91,92)(H,93,94)/b14-10-,15-11-,20-16-,25-21-,26-22-,27-23-,32-28-,36-33-,37-34-,41-39-,42-35-,46-43-,56-52-,68-64-. The minimum atomic E-state index is -5.01. The van der Waals surface area contributed by atoms with Gasteiger partial charge in [-0.2, -0.15) is 0 Å². The van der Waals surface area contributed by atoms with Crippen LogP contribution in [0.3, 0.4) is 0 Å². The Kier molecular flexibility index (Phi) is 71.6. The summed E-state index contributed by atoms with van der Waals surface area (Å²) in [6.07, 6.45) is 89.4. The zero-order chi connectivity index (χ0) is 76.0. The highest BCUT2D eigenvalue weighted by atomic mass is 31.2. The zero-order valence-electron chi connectivity index (χ0n) is 64.4. The Hall–Kier alpha value is -5.58. The van der Waals surface area contributed by atoms with E-state index < -0.39 is 97.5 Å². The van der Waals surface area contributed by atoms with Crippen molar-refractivity contribution < 1.29 is 80.2 Å². The van der Waals surface area contributed by atoms with Crippen LogP contribution in [-0.4, -0.2) is 96.7 Å². The summed E-state index contributed by atoms with van der Waals surface area (Å²) in [5, 5.41) is 10.6. The number of hydrogen-bond donors (Lipinski definition) is 3. The summed E-state index contributed by atoms with van der Waals surface area (Å²) in [6, 6.07) is 0. The molecule has 0 aromatic carbocycles. The molecule has 0 fully saturated rings. The van der Waals surface area contributed by atoms with E-state index in [2.05, 4.69) is 174 Å². The molecule has 5 atom stereocenters. The van der Waals surface area contributed by atoms with Crippen LogP contribution in [-0.2, 0) is 65.4 Å². The molecule has 0 aromatic rings. The molecule has 0 saturated carbocycles. The fraction of sp³-hybridized carbons (Fsp3) is 0.624. The lowest BCUT2D eigenvalue weighted by atomic mass is 10.1. The first-order valence-corrected chi connectivity index (χ1v) is 42.4. The molecule has 19 heteroatoms. The molecule has 0 spiro atoms. The summed E-state index contributed by atoms with van der Waals surface area (Å²) < 4.78 is 68.4. The minimum absolute atomic E-state index is 0.0644. The lowest BCUT2D eigenvalue weighted by Crippen LogP contribution is -2.30. The van der Waals surface area contributed by atoms with Crippen molar-refractivity contribution in [2.75, 3.05) is 39.6 Å². The van der Waals surface area contributed by atoms with Crippen molar-refractivity contribution in [3.8, 4) is 0 Å². The van der Waals surface area contributed by atoms with E-state index in [4.69, 9.17) is 37.0 Å². The molecule has 0 radical (unpaired) electrons. The van der Waals surface area contributed by atoms with Gasteiger partial charge in [0.05, 0.1) is 32.8 Å². The largest absolute Gasteiger partial charge is 0.472 e. The number of esters is 4. The summed E-state index contributed by atoms with van der Waals surface area (Å²) in [6.45, 7) is 4.36. The number of hydrogen-bond acceptors (Lipinski definition) is 15. The SMILES string of the molecule is CC/C=C\C/C=C\C/C=C\C/C=C\C/C=C\CC(=O)OC(COC(=O)CCCCCCCC/C=C\C/C=C\C/C=C\CCCCC)COP(=O)(O)OCC(O)COP(=O)(O)OCC(COC(=O)CCCCCC/C=C\C/C=C\C/C=C\C/C=C\CC)OC(=O)CCCCCCC/C=C\C/C=C\CCC. The van der Waals surface area contributed by atoms with Crippen molar-refractivity contribution in [2.24, 2.45) is 0 Å². The van der Waals surface area contributed by atoms with Crippen molar-refractivity contribution in [3.63, 3.8) is 0 Å². The van der Waals surface area contributed by atoms with Crippen LogP contribution in [0.5, 0.6) is 0 Å². The van der Waals surface area contributed by atoms with Gasteiger partial charge >= 0.3 is 39.5 Å². The lowest BCUT2D eigenvalue weighted by Gasteiger charge is -2.21. The van der Waals surface area contributed by atoms with E-state index in [1.54, 1.807) is 12.2 Å². The monoisotopic (exact) mass is 1490 g/mol. The molecule has 17 nitrogen and oxygen atoms in total. The van der Waals surface area contributed by atoms with Gasteiger partial charge in [0.25, 0.3) is 0 Å².